The summed E-state index contributed by atoms with van der Waals surface area (Å²) in [6, 6.07) is 15.3. The van der Waals surface area contributed by atoms with E-state index in [1.807, 2.05) is 0 Å². The van der Waals surface area contributed by atoms with Crippen LogP contribution in [0.1, 0.15) is 30.3 Å². The Balaban J connectivity index is 0.00000256. The average molecular weight is 448 g/mol. The van der Waals surface area contributed by atoms with Gasteiger partial charge in [-0.1, -0.05) is 47.6 Å². The van der Waals surface area contributed by atoms with Crippen LogP contribution in [0.2, 0.25) is 0 Å². The largest absolute Gasteiger partial charge is 0.370 e. The molecule has 1 unspecified atom stereocenters. The quantitative estimate of drug-likeness (QED) is 0.454. The number of sulfone groups is 1. The Bertz CT molecular complexity index is 1120. The van der Waals surface area contributed by atoms with Crippen LogP contribution in [-0.2, 0) is 15.6 Å². The van der Waals surface area contributed by atoms with Gasteiger partial charge in [0.1, 0.15) is 6.04 Å². The van der Waals surface area contributed by atoms with Gasteiger partial charge in [-0.25, -0.2) is 8.42 Å². The van der Waals surface area contributed by atoms with Gasteiger partial charge in [0, 0.05) is 12.1 Å². The molecule has 1 aliphatic rings. The lowest BCUT2D eigenvalue weighted by molar-refractivity contribution is 0.283. The van der Waals surface area contributed by atoms with E-state index < -0.39 is 9.84 Å². The average Bonchev–Trinajstić information content (AvgIpc) is 3.38. The predicted octanol–water partition coefficient (Wildman–Crippen LogP) is 3.16. The molecule has 8 nitrogen and oxygen atoms in total. The molecule has 10 heteroatoms. The van der Waals surface area contributed by atoms with Gasteiger partial charge in [-0.2, -0.15) is 4.98 Å². The summed E-state index contributed by atoms with van der Waals surface area (Å²) in [7, 11) is -3.40. The van der Waals surface area contributed by atoms with Crippen molar-refractivity contribution in [2.45, 2.75) is 29.5 Å². The number of halogens is 1. The normalized spacial score (nSPS) is 16.3. The Kier molecular flexibility index (Phi) is 6.42. The fourth-order valence-electron chi connectivity index (χ4n) is 3.48. The number of nitrogens with one attached hydrogen (secondary N) is 1. The molecule has 1 aromatic heterocycles. The maximum Gasteiger partial charge on any atom is 0.249 e. The minimum absolute atomic E-state index is 0. The lowest BCUT2D eigenvalue weighted by atomic mass is 10.1. The van der Waals surface area contributed by atoms with Gasteiger partial charge in [0.25, 0.3) is 0 Å². The number of nitrogens with zero attached hydrogens (tertiary/aromatic N) is 3. The highest BCUT2D eigenvalue weighted by Gasteiger charge is 2.31. The molecular weight excluding hydrogens is 426 g/mol. The van der Waals surface area contributed by atoms with Gasteiger partial charge < -0.3 is 15.2 Å². The molecular formula is C20H22ClN5O3S. The summed E-state index contributed by atoms with van der Waals surface area (Å²) in [5.74, 6) is 0.775. The summed E-state index contributed by atoms with van der Waals surface area (Å²) in [4.78, 5) is 6.51. The van der Waals surface area contributed by atoms with Crippen LogP contribution in [0, 0.1) is 5.41 Å². The van der Waals surface area contributed by atoms with Gasteiger partial charge in [-0.05, 0) is 30.5 Å². The first-order valence-corrected chi connectivity index (χ1v) is 10.9. The number of guanidine groups is 1. The van der Waals surface area contributed by atoms with E-state index in [2.05, 4.69) is 10.1 Å². The van der Waals surface area contributed by atoms with Crippen molar-refractivity contribution in [2.24, 2.45) is 5.73 Å². The summed E-state index contributed by atoms with van der Waals surface area (Å²) in [5, 5.41) is 11.7. The second kappa shape index (κ2) is 8.85. The second-order valence-electron chi connectivity index (χ2n) is 6.96. The van der Waals surface area contributed by atoms with Crippen molar-refractivity contribution >= 4 is 28.2 Å². The van der Waals surface area contributed by atoms with Crippen molar-refractivity contribution in [2.75, 3.05) is 6.54 Å². The highest BCUT2D eigenvalue weighted by atomic mass is 35.5. The number of rotatable bonds is 5. The van der Waals surface area contributed by atoms with Crippen LogP contribution in [0.15, 0.2) is 64.0 Å². The molecule has 2 heterocycles. The van der Waals surface area contributed by atoms with Gasteiger partial charge in [0.05, 0.1) is 10.6 Å². The van der Waals surface area contributed by atoms with Crippen LogP contribution >= 0.6 is 12.4 Å². The summed E-state index contributed by atoms with van der Waals surface area (Å²) < 4.78 is 30.4. The molecule has 0 spiro atoms. The zero-order chi connectivity index (χ0) is 20.4. The molecule has 30 heavy (non-hydrogen) atoms. The third-order valence-electron chi connectivity index (χ3n) is 4.96. The Morgan fingerprint density at radius 3 is 2.53 bits per heavy atom. The molecule has 0 saturated carbocycles. The summed E-state index contributed by atoms with van der Waals surface area (Å²) in [6.07, 6.45) is 1.71. The van der Waals surface area contributed by atoms with Crippen molar-refractivity contribution < 1.29 is 12.9 Å². The molecule has 0 aliphatic carbocycles. The number of hydrogen-bond donors (Lipinski definition) is 2. The first-order valence-electron chi connectivity index (χ1n) is 9.25. The minimum atomic E-state index is -3.40. The van der Waals surface area contributed by atoms with E-state index in [1.165, 1.54) is 0 Å². The molecule has 1 saturated heterocycles. The van der Waals surface area contributed by atoms with Gasteiger partial charge in [0.2, 0.25) is 11.7 Å². The highest BCUT2D eigenvalue weighted by molar-refractivity contribution is 7.90. The van der Waals surface area contributed by atoms with Crippen molar-refractivity contribution in [3.05, 3.63) is 66.1 Å². The fraction of sp³-hybridized carbons (Fsp3) is 0.250. The fourth-order valence-corrected chi connectivity index (χ4v) is 4.85. The maximum atomic E-state index is 12.5. The summed E-state index contributed by atoms with van der Waals surface area (Å²) in [5.41, 5.74) is 7.03. The molecule has 158 valence electrons. The number of likely N-dealkylation sites (tertiary alicyclic amines) is 1. The van der Waals surface area contributed by atoms with Gasteiger partial charge in [-0.3, -0.25) is 5.41 Å². The molecule has 0 amide bonds. The molecule has 3 aromatic rings. The lowest BCUT2D eigenvalue weighted by Gasteiger charge is -2.21. The van der Waals surface area contributed by atoms with Crippen molar-refractivity contribution in [1.82, 2.24) is 15.0 Å². The molecule has 3 N–H and O–H groups in total. The zero-order valence-corrected chi connectivity index (χ0v) is 17.7. The van der Waals surface area contributed by atoms with Crippen LogP contribution in [0.25, 0.3) is 11.4 Å². The van der Waals surface area contributed by atoms with E-state index in [0.717, 1.165) is 18.4 Å². The van der Waals surface area contributed by atoms with Gasteiger partial charge >= 0.3 is 0 Å². The van der Waals surface area contributed by atoms with E-state index in [0.29, 0.717) is 28.7 Å². The van der Waals surface area contributed by atoms with Gasteiger partial charge in [0.15, 0.2) is 15.8 Å². The molecule has 1 atom stereocenters. The topological polar surface area (TPSA) is 126 Å². The zero-order valence-electron chi connectivity index (χ0n) is 16.1. The first-order chi connectivity index (χ1) is 13.9. The third-order valence-corrected chi connectivity index (χ3v) is 6.66. The van der Waals surface area contributed by atoms with Gasteiger partial charge in [-0.15, -0.1) is 12.4 Å². The van der Waals surface area contributed by atoms with Crippen LogP contribution in [-0.4, -0.2) is 36.0 Å². The number of hydrogen-bond acceptors (Lipinski definition) is 6. The van der Waals surface area contributed by atoms with Crippen LogP contribution in [0.4, 0.5) is 0 Å². The first kappa shape index (κ1) is 21.8. The monoisotopic (exact) mass is 447 g/mol. The van der Waals surface area contributed by atoms with E-state index in [9.17, 15) is 8.42 Å². The van der Waals surface area contributed by atoms with E-state index in [1.54, 1.807) is 59.5 Å². The summed E-state index contributed by atoms with van der Waals surface area (Å²) in [6.45, 7) is 0.697. The standard InChI is InChI=1S/C20H21N5O3S.ClH/c21-20(22)25-12-4-7-17(25)19-23-18(24-28-19)15-10-8-14(9-11-15)13-29(26,27)16-5-2-1-3-6-16;/h1-3,5-6,8-11,17H,4,7,12-13H2,(H3,21,22);1H. The lowest BCUT2D eigenvalue weighted by Crippen LogP contribution is -2.35. The molecule has 4 rings (SSSR count). The number of nitrogens with two attached hydrogens (primary N) is 1. The minimum Gasteiger partial charge on any atom is -0.370 e. The smallest absolute Gasteiger partial charge is 0.249 e. The van der Waals surface area contributed by atoms with Crippen molar-refractivity contribution in [3.63, 3.8) is 0 Å². The molecule has 2 aromatic carbocycles. The van der Waals surface area contributed by atoms with Crippen LogP contribution in [0.3, 0.4) is 0 Å². The Morgan fingerprint density at radius 2 is 1.87 bits per heavy atom. The molecule has 0 bridgehead atoms. The molecule has 0 radical (unpaired) electrons. The van der Waals surface area contributed by atoms with Crippen LogP contribution < -0.4 is 5.73 Å². The van der Waals surface area contributed by atoms with E-state index in [4.69, 9.17) is 15.7 Å². The van der Waals surface area contributed by atoms with E-state index in [-0.39, 0.29) is 30.2 Å². The maximum absolute atomic E-state index is 12.5. The van der Waals surface area contributed by atoms with Crippen LogP contribution in [0.5, 0.6) is 0 Å². The second-order valence-corrected chi connectivity index (χ2v) is 8.95. The van der Waals surface area contributed by atoms with E-state index >= 15 is 0 Å². The Hall–Kier alpha value is -2.91. The predicted molar refractivity (Wildman–Crippen MR) is 115 cm³/mol. The highest BCUT2D eigenvalue weighted by Crippen LogP contribution is 2.31. The molecule has 1 aliphatic heterocycles. The number of aromatic nitrogens is 2. The number of benzene rings is 2. The molecule has 1 fully saturated rings. The Labute approximate surface area is 180 Å². The van der Waals surface area contributed by atoms with Crippen molar-refractivity contribution in [1.29, 1.82) is 5.41 Å². The summed E-state index contributed by atoms with van der Waals surface area (Å²) >= 11 is 0. The Morgan fingerprint density at radius 1 is 1.17 bits per heavy atom. The third kappa shape index (κ3) is 4.47. The van der Waals surface area contributed by atoms with Crippen molar-refractivity contribution in [3.8, 4) is 11.4 Å². The SMILES string of the molecule is Cl.N=C(N)N1CCCC1c1nc(-c2ccc(CS(=O)(=O)c3ccccc3)cc2)no1.